The summed E-state index contributed by atoms with van der Waals surface area (Å²) < 4.78 is 0. The SMILES string of the molecule is CC1(C)C=NN(c2cc(Cl)cc(Cl)c2)C(=O)N1. The highest BCUT2D eigenvalue weighted by atomic mass is 35.5. The molecule has 2 rings (SSSR count). The van der Waals surface area contributed by atoms with E-state index in [9.17, 15) is 4.79 Å². The predicted molar refractivity (Wildman–Crippen MR) is 70.0 cm³/mol. The maximum Gasteiger partial charge on any atom is 0.343 e. The first-order chi connectivity index (χ1) is 7.87. The number of amides is 2. The van der Waals surface area contributed by atoms with Gasteiger partial charge in [-0.15, -0.1) is 0 Å². The number of carbonyl (C=O) groups excluding carboxylic acids is 1. The molecule has 2 amide bonds. The Balaban J connectivity index is 2.38. The third-order valence-electron chi connectivity index (χ3n) is 2.21. The molecule has 0 radical (unpaired) electrons. The molecule has 1 heterocycles. The number of halogens is 2. The summed E-state index contributed by atoms with van der Waals surface area (Å²) in [5.41, 5.74) is 0.0856. The average molecular weight is 272 g/mol. The molecule has 0 unspecified atom stereocenters. The van der Waals surface area contributed by atoms with Gasteiger partial charge in [-0.1, -0.05) is 23.2 Å². The van der Waals surface area contributed by atoms with E-state index < -0.39 is 5.54 Å². The van der Waals surface area contributed by atoms with Gasteiger partial charge in [-0.25, -0.2) is 4.79 Å². The molecule has 0 saturated carbocycles. The molecule has 4 nitrogen and oxygen atoms in total. The topological polar surface area (TPSA) is 44.7 Å². The van der Waals surface area contributed by atoms with Gasteiger partial charge < -0.3 is 5.32 Å². The third kappa shape index (κ3) is 2.70. The van der Waals surface area contributed by atoms with Crippen LogP contribution in [0, 0.1) is 0 Å². The smallest absolute Gasteiger partial charge is 0.326 e. The van der Waals surface area contributed by atoms with Crippen LogP contribution in [0.15, 0.2) is 23.3 Å². The van der Waals surface area contributed by atoms with Crippen molar-refractivity contribution in [3.8, 4) is 0 Å². The standard InChI is InChI=1S/C11H11Cl2N3O/c1-11(2)6-14-16(10(17)15-11)9-4-7(12)3-8(13)5-9/h3-6H,1-2H3,(H,15,17). The van der Waals surface area contributed by atoms with E-state index in [-0.39, 0.29) is 6.03 Å². The van der Waals surface area contributed by atoms with Gasteiger partial charge in [-0.2, -0.15) is 10.1 Å². The Morgan fingerprint density at radius 2 is 1.82 bits per heavy atom. The van der Waals surface area contributed by atoms with Crippen molar-refractivity contribution < 1.29 is 4.79 Å². The Bertz CT molecular complexity index is 479. The van der Waals surface area contributed by atoms with Crippen molar-refractivity contribution in [3.05, 3.63) is 28.2 Å². The van der Waals surface area contributed by atoms with Crippen molar-refractivity contribution >= 4 is 41.1 Å². The second-order valence-electron chi connectivity index (χ2n) is 4.34. The molecule has 6 heteroatoms. The molecule has 1 aliphatic rings. The number of carbonyl (C=O) groups is 1. The zero-order valence-corrected chi connectivity index (χ0v) is 10.9. The van der Waals surface area contributed by atoms with Crippen molar-refractivity contribution in [2.24, 2.45) is 5.10 Å². The molecule has 0 atom stereocenters. The summed E-state index contributed by atoms with van der Waals surface area (Å²) in [4.78, 5) is 11.8. The van der Waals surface area contributed by atoms with E-state index in [1.165, 1.54) is 5.01 Å². The second kappa shape index (κ2) is 4.20. The molecule has 1 aromatic rings. The number of nitrogens with zero attached hydrogens (tertiary/aromatic N) is 2. The molecule has 1 aromatic carbocycles. The fraction of sp³-hybridized carbons (Fsp3) is 0.273. The maximum absolute atomic E-state index is 11.8. The van der Waals surface area contributed by atoms with Crippen LogP contribution in [0.2, 0.25) is 10.0 Å². The predicted octanol–water partition coefficient (Wildman–Crippen LogP) is 3.29. The molecule has 0 saturated heterocycles. The van der Waals surface area contributed by atoms with Crippen LogP contribution in [0.1, 0.15) is 13.8 Å². The quantitative estimate of drug-likeness (QED) is 0.837. The number of anilines is 1. The van der Waals surface area contributed by atoms with Gasteiger partial charge in [-0.05, 0) is 32.0 Å². The molecular formula is C11H11Cl2N3O. The van der Waals surface area contributed by atoms with Gasteiger partial charge in [-0.3, -0.25) is 0 Å². The summed E-state index contributed by atoms with van der Waals surface area (Å²) >= 11 is 11.8. The number of benzene rings is 1. The maximum atomic E-state index is 11.8. The zero-order valence-electron chi connectivity index (χ0n) is 9.37. The Morgan fingerprint density at radius 1 is 1.24 bits per heavy atom. The number of hydrogen-bond acceptors (Lipinski definition) is 2. The normalized spacial score (nSPS) is 18.1. The van der Waals surface area contributed by atoms with Crippen LogP contribution >= 0.6 is 23.2 Å². The molecule has 17 heavy (non-hydrogen) atoms. The summed E-state index contributed by atoms with van der Waals surface area (Å²) in [6, 6.07) is 4.55. The van der Waals surface area contributed by atoms with E-state index in [1.807, 2.05) is 13.8 Å². The van der Waals surface area contributed by atoms with Crippen molar-refractivity contribution in [3.63, 3.8) is 0 Å². The van der Waals surface area contributed by atoms with Crippen LogP contribution in [0.5, 0.6) is 0 Å². The van der Waals surface area contributed by atoms with Crippen molar-refractivity contribution in [1.29, 1.82) is 0 Å². The van der Waals surface area contributed by atoms with E-state index in [1.54, 1.807) is 24.4 Å². The minimum absolute atomic E-state index is 0.309. The lowest BCUT2D eigenvalue weighted by Crippen LogP contribution is -2.54. The number of rotatable bonds is 1. The molecule has 0 bridgehead atoms. The molecule has 0 aliphatic carbocycles. The first-order valence-electron chi connectivity index (χ1n) is 5.01. The lowest BCUT2D eigenvalue weighted by atomic mass is 10.1. The molecular weight excluding hydrogens is 261 g/mol. The second-order valence-corrected chi connectivity index (χ2v) is 5.21. The Morgan fingerprint density at radius 3 is 2.35 bits per heavy atom. The summed E-state index contributed by atoms with van der Waals surface area (Å²) in [5.74, 6) is 0. The van der Waals surface area contributed by atoms with Crippen molar-refractivity contribution in [2.45, 2.75) is 19.4 Å². The van der Waals surface area contributed by atoms with Gasteiger partial charge in [0.1, 0.15) is 0 Å². The summed E-state index contributed by atoms with van der Waals surface area (Å²) in [6.45, 7) is 3.72. The van der Waals surface area contributed by atoms with E-state index in [0.29, 0.717) is 15.7 Å². The van der Waals surface area contributed by atoms with Crippen molar-refractivity contribution in [2.75, 3.05) is 5.01 Å². The number of nitrogens with one attached hydrogen (secondary N) is 1. The van der Waals surface area contributed by atoms with Crippen LogP contribution in [0.3, 0.4) is 0 Å². The van der Waals surface area contributed by atoms with Gasteiger partial charge in [0.2, 0.25) is 0 Å². The van der Waals surface area contributed by atoms with Crippen LogP contribution in [0.25, 0.3) is 0 Å². The van der Waals surface area contributed by atoms with Crippen LogP contribution in [-0.4, -0.2) is 17.8 Å². The number of hydrazone groups is 1. The van der Waals surface area contributed by atoms with Crippen molar-refractivity contribution in [1.82, 2.24) is 5.32 Å². The largest absolute Gasteiger partial charge is 0.343 e. The Hall–Kier alpha value is -1.26. The highest BCUT2D eigenvalue weighted by Crippen LogP contribution is 2.27. The summed E-state index contributed by atoms with van der Waals surface area (Å²) in [6.07, 6.45) is 1.66. The van der Waals surface area contributed by atoms with Crippen LogP contribution in [0.4, 0.5) is 10.5 Å². The first-order valence-corrected chi connectivity index (χ1v) is 5.76. The van der Waals surface area contributed by atoms with Crippen LogP contribution in [-0.2, 0) is 0 Å². The summed E-state index contributed by atoms with van der Waals surface area (Å²) in [5, 5.41) is 9.03. The zero-order chi connectivity index (χ0) is 12.6. The molecule has 1 aliphatic heterocycles. The Labute approximate surface area is 109 Å². The van der Waals surface area contributed by atoms with E-state index in [2.05, 4.69) is 10.4 Å². The lowest BCUT2D eigenvalue weighted by molar-refractivity contribution is 0.240. The van der Waals surface area contributed by atoms with E-state index in [4.69, 9.17) is 23.2 Å². The molecule has 90 valence electrons. The van der Waals surface area contributed by atoms with Gasteiger partial charge in [0.25, 0.3) is 0 Å². The number of urea groups is 1. The number of hydrogen-bond donors (Lipinski definition) is 1. The monoisotopic (exact) mass is 271 g/mol. The van der Waals surface area contributed by atoms with E-state index in [0.717, 1.165) is 0 Å². The molecule has 0 fully saturated rings. The Kier molecular flexibility index (Phi) is 3.02. The van der Waals surface area contributed by atoms with E-state index >= 15 is 0 Å². The first kappa shape index (κ1) is 12.2. The average Bonchev–Trinajstić information content (AvgIpc) is 2.13. The minimum atomic E-state index is -0.448. The fourth-order valence-electron chi connectivity index (χ4n) is 1.46. The summed E-state index contributed by atoms with van der Waals surface area (Å²) in [7, 11) is 0. The third-order valence-corrected chi connectivity index (χ3v) is 2.65. The molecule has 0 aromatic heterocycles. The highest BCUT2D eigenvalue weighted by Gasteiger charge is 2.28. The van der Waals surface area contributed by atoms with Gasteiger partial charge >= 0.3 is 6.03 Å². The minimum Gasteiger partial charge on any atom is -0.326 e. The van der Waals surface area contributed by atoms with Gasteiger partial charge in [0.15, 0.2) is 0 Å². The van der Waals surface area contributed by atoms with Crippen LogP contribution < -0.4 is 10.3 Å². The molecule has 0 spiro atoms. The lowest BCUT2D eigenvalue weighted by Gasteiger charge is -2.30. The van der Waals surface area contributed by atoms with Gasteiger partial charge in [0.05, 0.1) is 17.4 Å². The fourth-order valence-corrected chi connectivity index (χ4v) is 1.98. The molecule has 1 N–H and O–H groups in total. The highest BCUT2D eigenvalue weighted by molar-refractivity contribution is 6.35. The van der Waals surface area contributed by atoms with Gasteiger partial charge in [0, 0.05) is 10.0 Å².